The number of rotatable bonds is 7. The molecule has 42 heavy (non-hydrogen) atoms. The fourth-order valence-corrected chi connectivity index (χ4v) is 5.08. The van der Waals surface area contributed by atoms with Crippen LogP contribution < -0.4 is 9.80 Å². The zero-order valence-corrected chi connectivity index (χ0v) is 25.7. The van der Waals surface area contributed by atoms with Gasteiger partial charge in [-0.2, -0.15) is 0 Å². The van der Waals surface area contributed by atoms with E-state index in [1.54, 1.807) is 11.9 Å². The first-order valence-electron chi connectivity index (χ1n) is 14.4. The van der Waals surface area contributed by atoms with E-state index in [1.807, 2.05) is 57.0 Å². The fraction of sp³-hybridized carbons (Fsp3) is 0.533. The van der Waals surface area contributed by atoms with E-state index >= 15 is 0 Å². The van der Waals surface area contributed by atoms with Gasteiger partial charge in [-0.3, -0.25) is 9.69 Å². The predicted molar refractivity (Wildman–Crippen MR) is 158 cm³/mol. The molecule has 2 amide bonds. The number of amides is 2. The SMILES string of the molecule is CC[C@H]1COCc2nnc(-c3cccc(N4Cc5c(cc(N(C)C(C)C)nc5CN(C)C(=O)OC(C)(C)C)C4=O)n3)n21. The van der Waals surface area contributed by atoms with Crippen LogP contribution in [0, 0.1) is 0 Å². The van der Waals surface area contributed by atoms with Gasteiger partial charge in [0, 0.05) is 25.7 Å². The molecule has 3 aromatic rings. The maximum absolute atomic E-state index is 13.9. The Bertz CT molecular complexity index is 1490. The summed E-state index contributed by atoms with van der Waals surface area (Å²) in [6.45, 7) is 13.2. The summed E-state index contributed by atoms with van der Waals surface area (Å²) < 4.78 is 13.3. The largest absolute Gasteiger partial charge is 0.444 e. The Balaban J connectivity index is 1.49. The standard InChI is InChI=1S/C30H40N8O4/c1-9-19-16-41-17-26-33-34-27(38(19)26)22-11-10-12-24(31-22)37-14-21-20(28(37)39)13-25(36(8)18(2)3)32-23(21)15-35(7)29(40)42-30(4,5)6/h10-13,18-19H,9,14-17H2,1-8H3/t19-/m0/s1. The summed E-state index contributed by atoms with van der Waals surface area (Å²) >= 11 is 0. The molecular formula is C30H40N8O4. The number of carbonyl (C=O) groups is 2. The quantitative estimate of drug-likeness (QED) is 0.398. The summed E-state index contributed by atoms with van der Waals surface area (Å²) in [5.74, 6) is 2.44. The molecule has 0 saturated heterocycles. The minimum Gasteiger partial charge on any atom is -0.444 e. The molecule has 12 nitrogen and oxygen atoms in total. The van der Waals surface area contributed by atoms with Crippen LogP contribution in [0.1, 0.15) is 81.4 Å². The Morgan fingerprint density at radius 2 is 1.95 bits per heavy atom. The van der Waals surface area contributed by atoms with Crippen LogP contribution in [0.5, 0.6) is 0 Å². The zero-order valence-electron chi connectivity index (χ0n) is 25.7. The fourth-order valence-electron chi connectivity index (χ4n) is 5.08. The Morgan fingerprint density at radius 1 is 1.19 bits per heavy atom. The van der Waals surface area contributed by atoms with Gasteiger partial charge in [0.15, 0.2) is 11.6 Å². The molecule has 0 fully saturated rings. The first-order chi connectivity index (χ1) is 19.9. The molecule has 5 rings (SSSR count). The van der Waals surface area contributed by atoms with Gasteiger partial charge in [-0.05, 0) is 59.2 Å². The lowest BCUT2D eigenvalue weighted by Gasteiger charge is -2.26. The number of aromatic nitrogens is 5. The Morgan fingerprint density at radius 3 is 2.64 bits per heavy atom. The smallest absolute Gasteiger partial charge is 0.410 e. The molecule has 12 heteroatoms. The van der Waals surface area contributed by atoms with E-state index in [2.05, 4.69) is 35.5 Å². The van der Waals surface area contributed by atoms with E-state index in [0.717, 1.165) is 17.8 Å². The second kappa shape index (κ2) is 11.3. The monoisotopic (exact) mass is 576 g/mol. The lowest BCUT2D eigenvalue weighted by molar-refractivity contribution is 0.0282. The maximum atomic E-state index is 13.9. The normalized spacial score (nSPS) is 16.5. The molecule has 2 aliphatic heterocycles. The molecule has 0 N–H and O–H groups in total. The van der Waals surface area contributed by atoms with E-state index < -0.39 is 11.7 Å². The molecule has 0 aliphatic carbocycles. The van der Waals surface area contributed by atoms with E-state index in [0.29, 0.717) is 47.6 Å². The van der Waals surface area contributed by atoms with Crippen LogP contribution >= 0.6 is 0 Å². The van der Waals surface area contributed by atoms with Gasteiger partial charge in [-0.15, -0.1) is 10.2 Å². The highest BCUT2D eigenvalue weighted by molar-refractivity contribution is 6.10. The van der Waals surface area contributed by atoms with Crippen molar-refractivity contribution in [1.82, 2.24) is 29.6 Å². The van der Waals surface area contributed by atoms with Crippen molar-refractivity contribution in [2.24, 2.45) is 0 Å². The van der Waals surface area contributed by atoms with Crippen molar-refractivity contribution in [1.29, 1.82) is 0 Å². The lowest BCUT2D eigenvalue weighted by Crippen LogP contribution is -2.34. The van der Waals surface area contributed by atoms with Crippen molar-refractivity contribution in [3.05, 3.63) is 46.9 Å². The third-order valence-corrected chi connectivity index (χ3v) is 7.60. The molecule has 1 atom stereocenters. The van der Waals surface area contributed by atoms with Crippen LogP contribution in [0.15, 0.2) is 24.3 Å². The predicted octanol–water partition coefficient (Wildman–Crippen LogP) is 4.59. The van der Waals surface area contributed by atoms with Gasteiger partial charge in [-0.25, -0.2) is 14.8 Å². The summed E-state index contributed by atoms with van der Waals surface area (Å²) in [6.07, 6.45) is 0.418. The van der Waals surface area contributed by atoms with E-state index in [9.17, 15) is 9.59 Å². The molecule has 0 unspecified atom stereocenters. The second-order valence-corrected chi connectivity index (χ2v) is 12.2. The number of ether oxygens (including phenoxy) is 2. The third kappa shape index (κ3) is 5.67. The van der Waals surface area contributed by atoms with E-state index in [4.69, 9.17) is 19.4 Å². The minimum atomic E-state index is -0.627. The number of anilines is 2. The molecule has 5 heterocycles. The summed E-state index contributed by atoms with van der Waals surface area (Å²) in [5, 5.41) is 8.76. The number of pyridine rings is 2. The first kappa shape index (κ1) is 29.4. The number of nitrogens with zero attached hydrogens (tertiary/aromatic N) is 8. The number of fused-ring (bicyclic) bond motifs is 2. The van der Waals surface area contributed by atoms with Crippen LogP contribution in [0.3, 0.4) is 0 Å². The number of hydrogen-bond donors (Lipinski definition) is 0. The first-order valence-corrected chi connectivity index (χ1v) is 14.4. The Hall–Kier alpha value is -4.06. The van der Waals surface area contributed by atoms with Gasteiger partial charge in [0.25, 0.3) is 5.91 Å². The second-order valence-electron chi connectivity index (χ2n) is 12.2. The van der Waals surface area contributed by atoms with E-state index in [1.165, 1.54) is 4.90 Å². The van der Waals surface area contributed by atoms with Crippen LogP contribution in [-0.4, -0.2) is 74.0 Å². The van der Waals surface area contributed by atoms with Gasteiger partial charge < -0.3 is 23.8 Å². The summed E-state index contributed by atoms with van der Waals surface area (Å²) in [6, 6.07) is 7.69. The Labute approximate surface area is 246 Å². The lowest BCUT2D eigenvalue weighted by atomic mass is 10.1. The van der Waals surface area contributed by atoms with Crippen LogP contribution in [0.4, 0.5) is 16.4 Å². The minimum absolute atomic E-state index is 0.119. The average Bonchev–Trinajstić information content (AvgIpc) is 3.53. The maximum Gasteiger partial charge on any atom is 0.410 e. The summed E-state index contributed by atoms with van der Waals surface area (Å²) in [4.78, 5) is 41.7. The molecule has 0 radical (unpaired) electrons. The molecule has 0 aromatic carbocycles. The highest BCUT2D eigenvalue weighted by Crippen LogP contribution is 2.34. The van der Waals surface area contributed by atoms with Crippen molar-refractivity contribution in [2.45, 2.75) is 85.3 Å². The molecular weight excluding hydrogens is 536 g/mol. The molecule has 2 aliphatic rings. The molecule has 0 spiro atoms. The number of carbonyl (C=O) groups excluding carboxylic acids is 2. The van der Waals surface area contributed by atoms with Crippen molar-refractivity contribution >= 4 is 23.6 Å². The highest BCUT2D eigenvalue weighted by atomic mass is 16.6. The van der Waals surface area contributed by atoms with Gasteiger partial charge in [0.05, 0.1) is 37.0 Å². The molecule has 224 valence electrons. The van der Waals surface area contributed by atoms with Crippen LogP contribution in [-0.2, 0) is 29.2 Å². The van der Waals surface area contributed by atoms with Gasteiger partial charge >= 0.3 is 6.09 Å². The van der Waals surface area contributed by atoms with Gasteiger partial charge in [-0.1, -0.05) is 13.0 Å². The van der Waals surface area contributed by atoms with Crippen LogP contribution in [0.25, 0.3) is 11.5 Å². The van der Waals surface area contributed by atoms with E-state index in [-0.39, 0.29) is 31.1 Å². The molecule has 0 saturated carbocycles. The van der Waals surface area contributed by atoms with Crippen molar-refractivity contribution < 1.29 is 19.1 Å². The molecule has 3 aromatic heterocycles. The van der Waals surface area contributed by atoms with Crippen molar-refractivity contribution in [3.63, 3.8) is 0 Å². The average molecular weight is 577 g/mol. The highest BCUT2D eigenvalue weighted by Gasteiger charge is 2.35. The third-order valence-electron chi connectivity index (χ3n) is 7.60. The molecule has 0 bridgehead atoms. The van der Waals surface area contributed by atoms with Crippen molar-refractivity contribution in [2.75, 3.05) is 30.5 Å². The summed E-state index contributed by atoms with van der Waals surface area (Å²) in [7, 11) is 3.62. The van der Waals surface area contributed by atoms with Crippen LogP contribution in [0.2, 0.25) is 0 Å². The van der Waals surface area contributed by atoms with Gasteiger partial charge in [0.2, 0.25) is 0 Å². The van der Waals surface area contributed by atoms with Crippen molar-refractivity contribution in [3.8, 4) is 11.5 Å². The topological polar surface area (TPSA) is 119 Å². The summed E-state index contributed by atoms with van der Waals surface area (Å²) in [5.41, 5.74) is 1.98. The number of hydrogen-bond acceptors (Lipinski definition) is 9. The Kier molecular flexibility index (Phi) is 7.93. The zero-order chi connectivity index (χ0) is 30.3. The van der Waals surface area contributed by atoms with Gasteiger partial charge in [0.1, 0.15) is 29.5 Å².